The molecule has 0 radical (unpaired) electrons. The topological polar surface area (TPSA) is 12.0 Å². The molecule has 0 amide bonds. The van der Waals surface area contributed by atoms with Crippen molar-refractivity contribution in [3.63, 3.8) is 0 Å². The first kappa shape index (κ1) is 12.0. The van der Waals surface area contributed by atoms with Crippen LogP contribution in [0.5, 0.6) is 0 Å². The first-order valence-corrected chi connectivity index (χ1v) is 6.52. The molecule has 1 rings (SSSR count). The fourth-order valence-corrected chi connectivity index (χ4v) is 2.00. The lowest BCUT2D eigenvalue weighted by Gasteiger charge is -2.04. The fourth-order valence-electron chi connectivity index (χ4n) is 1.18. The Kier molecular flexibility index (Phi) is 6.15. The van der Waals surface area contributed by atoms with Crippen LogP contribution >= 0.6 is 24.4 Å². The molecular weight excluding hydrogens is 210 g/mol. The molecule has 0 atom stereocenters. The average Bonchev–Trinajstić information content (AvgIpc) is 2.21. The number of thiol groups is 1. The molecule has 78 valence electrons. The number of hydrogen-bond donors (Lipinski definition) is 2. The lowest BCUT2D eigenvalue weighted by atomic mass is 10.2. The molecule has 1 aromatic rings. The highest BCUT2D eigenvalue weighted by atomic mass is 32.2. The van der Waals surface area contributed by atoms with Gasteiger partial charge in [0, 0.05) is 23.7 Å². The summed E-state index contributed by atoms with van der Waals surface area (Å²) in [7, 11) is 0. The Morgan fingerprint density at radius 1 is 1.29 bits per heavy atom. The third-order valence-electron chi connectivity index (χ3n) is 1.85. The molecule has 0 saturated heterocycles. The van der Waals surface area contributed by atoms with Crippen LogP contribution in [-0.2, 0) is 6.54 Å². The van der Waals surface area contributed by atoms with E-state index in [4.69, 9.17) is 0 Å². The summed E-state index contributed by atoms with van der Waals surface area (Å²) in [6, 6.07) is 8.74. The van der Waals surface area contributed by atoms with Gasteiger partial charge in [-0.1, -0.05) is 19.1 Å². The minimum Gasteiger partial charge on any atom is -0.312 e. The molecule has 0 aromatic heterocycles. The highest BCUT2D eigenvalue weighted by Gasteiger charge is 1.93. The second kappa shape index (κ2) is 7.21. The molecule has 1 N–H and O–H groups in total. The van der Waals surface area contributed by atoms with Gasteiger partial charge in [0.15, 0.2) is 0 Å². The maximum Gasteiger partial charge on any atom is 0.0205 e. The Hall–Kier alpha value is -0.120. The van der Waals surface area contributed by atoms with Gasteiger partial charge in [0.05, 0.1) is 0 Å². The standard InChI is InChI=1S/C11H17NS2/c1-2-14-11-5-3-10(4-6-11)9-12-7-8-13/h3-6,12-13H,2,7-9H2,1H3. The van der Waals surface area contributed by atoms with Gasteiger partial charge in [0.1, 0.15) is 0 Å². The largest absolute Gasteiger partial charge is 0.312 e. The Labute approximate surface area is 96.1 Å². The van der Waals surface area contributed by atoms with Crippen molar-refractivity contribution in [3.8, 4) is 0 Å². The lowest BCUT2D eigenvalue weighted by Crippen LogP contribution is -2.15. The normalized spacial score (nSPS) is 10.4. The molecule has 0 bridgehead atoms. The predicted octanol–water partition coefficient (Wildman–Crippen LogP) is 2.82. The third-order valence-corrected chi connectivity index (χ3v) is 2.97. The molecule has 0 aliphatic rings. The van der Waals surface area contributed by atoms with Crippen molar-refractivity contribution >= 4 is 24.4 Å². The zero-order valence-corrected chi connectivity index (χ0v) is 10.2. The van der Waals surface area contributed by atoms with Crippen LogP contribution < -0.4 is 5.32 Å². The maximum atomic E-state index is 4.15. The maximum absolute atomic E-state index is 4.15. The Bertz CT molecular complexity index is 246. The van der Waals surface area contributed by atoms with Crippen LogP contribution in [0, 0.1) is 0 Å². The van der Waals surface area contributed by atoms with E-state index in [0.29, 0.717) is 0 Å². The van der Waals surface area contributed by atoms with Gasteiger partial charge in [-0.3, -0.25) is 0 Å². The highest BCUT2D eigenvalue weighted by molar-refractivity contribution is 7.99. The summed E-state index contributed by atoms with van der Waals surface area (Å²) >= 11 is 6.02. The van der Waals surface area contributed by atoms with Crippen LogP contribution in [0.25, 0.3) is 0 Å². The van der Waals surface area contributed by atoms with E-state index in [0.717, 1.165) is 24.6 Å². The summed E-state index contributed by atoms with van der Waals surface area (Å²) in [4.78, 5) is 1.35. The van der Waals surface area contributed by atoms with Gasteiger partial charge in [-0.2, -0.15) is 12.6 Å². The van der Waals surface area contributed by atoms with E-state index in [1.54, 1.807) is 0 Å². The average molecular weight is 227 g/mol. The second-order valence-electron chi connectivity index (χ2n) is 2.98. The van der Waals surface area contributed by atoms with Crippen LogP contribution in [-0.4, -0.2) is 18.1 Å². The number of hydrogen-bond acceptors (Lipinski definition) is 3. The minimum atomic E-state index is 0.893. The van der Waals surface area contributed by atoms with Crippen molar-refractivity contribution in [2.24, 2.45) is 0 Å². The van der Waals surface area contributed by atoms with Crippen LogP contribution in [0.2, 0.25) is 0 Å². The van der Waals surface area contributed by atoms with Gasteiger partial charge >= 0.3 is 0 Å². The molecule has 0 saturated carbocycles. The summed E-state index contributed by atoms with van der Waals surface area (Å²) in [5.41, 5.74) is 1.34. The van der Waals surface area contributed by atoms with E-state index in [1.165, 1.54) is 10.5 Å². The highest BCUT2D eigenvalue weighted by Crippen LogP contribution is 2.17. The van der Waals surface area contributed by atoms with Gasteiger partial charge in [-0.15, -0.1) is 11.8 Å². The Balaban J connectivity index is 2.38. The summed E-state index contributed by atoms with van der Waals surface area (Å²) in [5.74, 6) is 2.03. The van der Waals surface area contributed by atoms with Crippen molar-refractivity contribution in [3.05, 3.63) is 29.8 Å². The SMILES string of the molecule is CCSc1ccc(CNCCS)cc1. The predicted molar refractivity (Wildman–Crippen MR) is 68.4 cm³/mol. The van der Waals surface area contributed by atoms with Crippen molar-refractivity contribution in [1.82, 2.24) is 5.32 Å². The number of thioether (sulfide) groups is 1. The quantitative estimate of drug-likeness (QED) is 0.440. The van der Waals surface area contributed by atoms with Gasteiger partial charge < -0.3 is 5.32 Å². The van der Waals surface area contributed by atoms with E-state index in [9.17, 15) is 0 Å². The van der Waals surface area contributed by atoms with Gasteiger partial charge in [0.25, 0.3) is 0 Å². The molecule has 0 aliphatic carbocycles. The molecule has 0 unspecified atom stereocenters. The lowest BCUT2D eigenvalue weighted by molar-refractivity contribution is 0.732. The fraction of sp³-hybridized carbons (Fsp3) is 0.455. The molecule has 0 fully saturated rings. The van der Waals surface area contributed by atoms with Crippen LogP contribution in [0.1, 0.15) is 12.5 Å². The van der Waals surface area contributed by atoms with Crippen LogP contribution in [0.15, 0.2) is 29.2 Å². The van der Waals surface area contributed by atoms with E-state index < -0.39 is 0 Å². The van der Waals surface area contributed by atoms with Crippen molar-refractivity contribution in [2.75, 3.05) is 18.1 Å². The van der Waals surface area contributed by atoms with E-state index >= 15 is 0 Å². The summed E-state index contributed by atoms with van der Waals surface area (Å²) in [5, 5.41) is 3.32. The molecule has 0 heterocycles. The second-order valence-corrected chi connectivity index (χ2v) is 4.76. The Morgan fingerprint density at radius 3 is 2.57 bits per heavy atom. The number of rotatable bonds is 6. The molecule has 1 nitrogen and oxygen atoms in total. The van der Waals surface area contributed by atoms with Crippen molar-refractivity contribution in [2.45, 2.75) is 18.4 Å². The Morgan fingerprint density at radius 2 is 2.00 bits per heavy atom. The first-order chi connectivity index (χ1) is 6.86. The van der Waals surface area contributed by atoms with Gasteiger partial charge in [-0.25, -0.2) is 0 Å². The van der Waals surface area contributed by atoms with E-state index in [2.05, 4.69) is 49.1 Å². The molecular formula is C11H17NS2. The molecule has 0 aliphatic heterocycles. The van der Waals surface area contributed by atoms with Crippen LogP contribution in [0.4, 0.5) is 0 Å². The molecule has 14 heavy (non-hydrogen) atoms. The summed E-state index contributed by atoms with van der Waals surface area (Å²) in [6.45, 7) is 4.08. The van der Waals surface area contributed by atoms with Crippen molar-refractivity contribution < 1.29 is 0 Å². The first-order valence-electron chi connectivity index (χ1n) is 4.90. The number of nitrogens with one attached hydrogen (secondary N) is 1. The van der Waals surface area contributed by atoms with Gasteiger partial charge in [-0.05, 0) is 23.4 Å². The van der Waals surface area contributed by atoms with E-state index in [-0.39, 0.29) is 0 Å². The minimum absolute atomic E-state index is 0.893. The molecule has 3 heteroatoms. The molecule has 1 aromatic carbocycles. The molecule has 0 spiro atoms. The summed E-state index contributed by atoms with van der Waals surface area (Å²) in [6.07, 6.45) is 0. The van der Waals surface area contributed by atoms with Gasteiger partial charge in [0.2, 0.25) is 0 Å². The van der Waals surface area contributed by atoms with Crippen LogP contribution in [0.3, 0.4) is 0 Å². The van der Waals surface area contributed by atoms with Crippen molar-refractivity contribution in [1.29, 1.82) is 0 Å². The monoisotopic (exact) mass is 227 g/mol. The smallest absolute Gasteiger partial charge is 0.0205 e. The van der Waals surface area contributed by atoms with E-state index in [1.807, 2.05) is 11.8 Å². The third kappa shape index (κ3) is 4.40. The zero-order chi connectivity index (χ0) is 10.2. The number of benzene rings is 1. The zero-order valence-electron chi connectivity index (χ0n) is 8.49. The summed E-state index contributed by atoms with van der Waals surface area (Å²) < 4.78 is 0.